The topological polar surface area (TPSA) is 40.5 Å². The molecule has 0 fully saturated rings. The molecule has 0 saturated carbocycles. The first-order valence-electron chi connectivity index (χ1n) is 4.92. The molecule has 1 aromatic carbocycles. The first kappa shape index (κ1) is 11.2. The summed E-state index contributed by atoms with van der Waals surface area (Å²) in [5, 5.41) is 18.5. The van der Waals surface area contributed by atoms with Crippen LogP contribution in [0.25, 0.3) is 0 Å². The monoisotopic (exact) mass is 194 g/mol. The van der Waals surface area contributed by atoms with E-state index in [1.165, 1.54) is 11.1 Å². The van der Waals surface area contributed by atoms with Crippen molar-refractivity contribution in [3.63, 3.8) is 0 Å². The van der Waals surface area contributed by atoms with Gasteiger partial charge >= 0.3 is 0 Å². The molecular formula is C12H18O2. The first-order chi connectivity index (χ1) is 6.53. The molecule has 0 saturated heterocycles. The average molecular weight is 194 g/mol. The van der Waals surface area contributed by atoms with E-state index in [4.69, 9.17) is 5.11 Å². The number of aliphatic hydroxyl groups excluding tert-OH is 1. The molecule has 0 aromatic heterocycles. The maximum Gasteiger partial charge on any atom is 0.0852 e. The van der Waals surface area contributed by atoms with Gasteiger partial charge in [-0.25, -0.2) is 0 Å². The molecule has 2 heteroatoms. The summed E-state index contributed by atoms with van der Waals surface area (Å²) in [5.41, 5.74) is 1.48. The number of hydrogen-bond donors (Lipinski definition) is 2. The Hall–Kier alpha value is -0.860. The van der Waals surface area contributed by atoms with Gasteiger partial charge in [0.25, 0.3) is 0 Å². The summed E-state index contributed by atoms with van der Waals surface area (Å²) in [6.45, 7) is 3.52. The molecule has 0 aliphatic carbocycles. The SMILES string of the molecule is Cc1ccc(CCC(C)(O)CO)cc1. The molecule has 2 N–H and O–H groups in total. The van der Waals surface area contributed by atoms with Crippen LogP contribution in [-0.4, -0.2) is 22.4 Å². The largest absolute Gasteiger partial charge is 0.393 e. The highest BCUT2D eigenvalue weighted by molar-refractivity contribution is 5.21. The Balaban J connectivity index is 2.50. The Morgan fingerprint density at radius 3 is 2.29 bits per heavy atom. The zero-order valence-electron chi connectivity index (χ0n) is 8.83. The molecule has 0 aliphatic heterocycles. The second kappa shape index (κ2) is 4.58. The minimum Gasteiger partial charge on any atom is -0.393 e. The Labute approximate surface area is 85.2 Å². The molecule has 14 heavy (non-hydrogen) atoms. The minimum atomic E-state index is -0.953. The predicted octanol–water partition coefficient (Wildman–Crippen LogP) is 1.67. The lowest BCUT2D eigenvalue weighted by molar-refractivity contribution is -0.00474. The van der Waals surface area contributed by atoms with E-state index in [0.717, 1.165) is 6.42 Å². The quantitative estimate of drug-likeness (QED) is 0.765. The molecule has 78 valence electrons. The fraction of sp³-hybridized carbons (Fsp3) is 0.500. The van der Waals surface area contributed by atoms with Crippen molar-refractivity contribution in [2.24, 2.45) is 0 Å². The van der Waals surface area contributed by atoms with Crippen molar-refractivity contribution >= 4 is 0 Å². The molecule has 1 unspecified atom stereocenters. The van der Waals surface area contributed by atoms with Crippen molar-refractivity contribution in [2.45, 2.75) is 32.3 Å². The van der Waals surface area contributed by atoms with Crippen molar-refractivity contribution in [1.29, 1.82) is 0 Å². The molecule has 1 aromatic rings. The minimum absolute atomic E-state index is 0.182. The second-order valence-electron chi connectivity index (χ2n) is 4.14. The molecule has 2 nitrogen and oxygen atoms in total. The maximum absolute atomic E-state index is 9.59. The smallest absolute Gasteiger partial charge is 0.0852 e. The van der Waals surface area contributed by atoms with E-state index < -0.39 is 5.60 Å². The maximum atomic E-state index is 9.59. The van der Waals surface area contributed by atoms with Crippen molar-refractivity contribution < 1.29 is 10.2 Å². The van der Waals surface area contributed by atoms with Gasteiger partial charge in [-0.2, -0.15) is 0 Å². The number of hydrogen-bond acceptors (Lipinski definition) is 2. The number of aliphatic hydroxyl groups is 2. The van der Waals surface area contributed by atoms with E-state index in [1.54, 1.807) is 6.92 Å². The molecular weight excluding hydrogens is 176 g/mol. The van der Waals surface area contributed by atoms with Gasteiger partial charge in [0.15, 0.2) is 0 Å². The van der Waals surface area contributed by atoms with E-state index in [-0.39, 0.29) is 6.61 Å². The van der Waals surface area contributed by atoms with Crippen LogP contribution in [-0.2, 0) is 6.42 Å². The summed E-state index contributed by atoms with van der Waals surface area (Å²) in [6, 6.07) is 8.23. The van der Waals surface area contributed by atoms with Crippen molar-refractivity contribution in [1.82, 2.24) is 0 Å². The van der Waals surface area contributed by atoms with Crippen LogP contribution in [0.2, 0.25) is 0 Å². The molecule has 0 bridgehead atoms. The summed E-state index contributed by atoms with van der Waals surface area (Å²) in [4.78, 5) is 0. The summed E-state index contributed by atoms with van der Waals surface area (Å²) >= 11 is 0. The van der Waals surface area contributed by atoms with E-state index in [2.05, 4.69) is 24.3 Å². The number of rotatable bonds is 4. The van der Waals surface area contributed by atoms with Gasteiger partial charge in [-0.05, 0) is 32.3 Å². The third-order valence-corrected chi connectivity index (χ3v) is 2.41. The molecule has 0 radical (unpaired) electrons. The predicted molar refractivity (Wildman–Crippen MR) is 57.2 cm³/mol. The third kappa shape index (κ3) is 3.48. The first-order valence-corrected chi connectivity index (χ1v) is 4.92. The standard InChI is InChI=1S/C12H18O2/c1-10-3-5-11(6-4-10)7-8-12(2,14)9-13/h3-6,13-14H,7-9H2,1-2H3. The van der Waals surface area contributed by atoms with Crippen LogP contribution in [0.5, 0.6) is 0 Å². The highest BCUT2D eigenvalue weighted by atomic mass is 16.3. The molecule has 0 amide bonds. The second-order valence-corrected chi connectivity index (χ2v) is 4.14. The highest BCUT2D eigenvalue weighted by Gasteiger charge is 2.18. The Morgan fingerprint density at radius 2 is 1.79 bits per heavy atom. The van der Waals surface area contributed by atoms with Gasteiger partial charge in [0.05, 0.1) is 12.2 Å². The van der Waals surface area contributed by atoms with Crippen LogP contribution < -0.4 is 0 Å². The zero-order valence-corrected chi connectivity index (χ0v) is 8.83. The van der Waals surface area contributed by atoms with E-state index in [9.17, 15) is 5.11 Å². The van der Waals surface area contributed by atoms with Crippen LogP contribution in [0.3, 0.4) is 0 Å². The Bertz CT molecular complexity index is 275. The van der Waals surface area contributed by atoms with Crippen LogP contribution in [0, 0.1) is 6.92 Å². The van der Waals surface area contributed by atoms with Crippen molar-refractivity contribution in [2.75, 3.05) is 6.61 Å². The Kier molecular flexibility index (Phi) is 3.67. The molecule has 0 spiro atoms. The normalized spacial score (nSPS) is 15.1. The fourth-order valence-corrected chi connectivity index (χ4v) is 1.25. The van der Waals surface area contributed by atoms with Crippen molar-refractivity contribution in [3.05, 3.63) is 35.4 Å². The van der Waals surface area contributed by atoms with Crippen LogP contribution >= 0.6 is 0 Å². The van der Waals surface area contributed by atoms with Crippen LogP contribution in [0.1, 0.15) is 24.5 Å². The van der Waals surface area contributed by atoms with Gasteiger partial charge in [0.1, 0.15) is 0 Å². The molecule has 0 aliphatic rings. The lowest BCUT2D eigenvalue weighted by atomic mass is 9.97. The van der Waals surface area contributed by atoms with Gasteiger partial charge in [0, 0.05) is 0 Å². The van der Waals surface area contributed by atoms with Crippen molar-refractivity contribution in [3.8, 4) is 0 Å². The van der Waals surface area contributed by atoms with E-state index in [0.29, 0.717) is 6.42 Å². The zero-order chi connectivity index (χ0) is 10.6. The summed E-state index contributed by atoms with van der Waals surface area (Å²) in [5.74, 6) is 0. The van der Waals surface area contributed by atoms with Crippen LogP contribution in [0.15, 0.2) is 24.3 Å². The third-order valence-electron chi connectivity index (χ3n) is 2.41. The fourth-order valence-electron chi connectivity index (χ4n) is 1.25. The van der Waals surface area contributed by atoms with Gasteiger partial charge in [0.2, 0.25) is 0 Å². The van der Waals surface area contributed by atoms with Gasteiger partial charge in [-0.3, -0.25) is 0 Å². The lowest BCUT2D eigenvalue weighted by Gasteiger charge is -2.19. The Morgan fingerprint density at radius 1 is 1.21 bits per heavy atom. The lowest BCUT2D eigenvalue weighted by Crippen LogP contribution is -2.29. The van der Waals surface area contributed by atoms with Gasteiger partial charge in [-0.1, -0.05) is 29.8 Å². The van der Waals surface area contributed by atoms with Crippen LogP contribution in [0.4, 0.5) is 0 Å². The average Bonchev–Trinajstić information content (AvgIpc) is 2.17. The molecule has 1 rings (SSSR count). The van der Waals surface area contributed by atoms with Gasteiger partial charge < -0.3 is 10.2 Å². The van der Waals surface area contributed by atoms with Gasteiger partial charge in [-0.15, -0.1) is 0 Å². The summed E-state index contributed by atoms with van der Waals surface area (Å²) < 4.78 is 0. The van der Waals surface area contributed by atoms with E-state index >= 15 is 0 Å². The molecule has 0 heterocycles. The summed E-state index contributed by atoms with van der Waals surface area (Å²) in [6.07, 6.45) is 1.39. The number of aryl methyl sites for hydroxylation is 2. The number of benzene rings is 1. The summed E-state index contributed by atoms with van der Waals surface area (Å²) in [7, 11) is 0. The molecule has 1 atom stereocenters. The van der Waals surface area contributed by atoms with E-state index in [1.807, 2.05) is 6.92 Å². The highest BCUT2D eigenvalue weighted by Crippen LogP contribution is 2.13.